The van der Waals surface area contributed by atoms with E-state index in [1.165, 1.54) is 33.4 Å². The van der Waals surface area contributed by atoms with Crippen LogP contribution in [-0.2, 0) is 0 Å². The smallest absolute Gasteiger partial charge is 0.0273 e. The summed E-state index contributed by atoms with van der Waals surface area (Å²) in [5.74, 6) is 0. The second-order valence-electron chi connectivity index (χ2n) is 6.05. The Labute approximate surface area is 153 Å². The molecule has 0 atom stereocenters. The standard InChI is InChI=1S/C24H18N2/c1(19-3-7-21(8-4-19)23-11-15-25-16-12-23)2-20-5-9-22(10-6-20)24-13-17-26-18-14-24/h1-18H/b2-1-. The number of aromatic nitrogens is 2. The molecule has 2 nitrogen and oxygen atoms in total. The van der Waals surface area contributed by atoms with Crippen LogP contribution in [0.1, 0.15) is 11.1 Å². The van der Waals surface area contributed by atoms with Gasteiger partial charge in [-0.05, 0) is 57.6 Å². The largest absolute Gasteiger partial charge is 0.265 e. The maximum Gasteiger partial charge on any atom is 0.0273 e. The molecule has 4 aromatic rings. The minimum atomic E-state index is 1.18. The third-order valence-electron chi connectivity index (χ3n) is 4.32. The molecular weight excluding hydrogens is 316 g/mol. The van der Waals surface area contributed by atoms with Crippen LogP contribution < -0.4 is 0 Å². The first-order valence-corrected chi connectivity index (χ1v) is 8.57. The lowest BCUT2D eigenvalue weighted by Crippen LogP contribution is -1.80. The van der Waals surface area contributed by atoms with E-state index in [0.29, 0.717) is 0 Å². The van der Waals surface area contributed by atoms with Crippen molar-refractivity contribution in [3.63, 3.8) is 0 Å². The second-order valence-corrected chi connectivity index (χ2v) is 6.05. The first-order chi connectivity index (χ1) is 12.9. The van der Waals surface area contributed by atoms with Gasteiger partial charge in [0, 0.05) is 24.8 Å². The van der Waals surface area contributed by atoms with Crippen molar-refractivity contribution in [1.29, 1.82) is 0 Å². The first kappa shape index (κ1) is 16.0. The number of hydrogen-bond acceptors (Lipinski definition) is 2. The van der Waals surface area contributed by atoms with Crippen molar-refractivity contribution in [2.45, 2.75) is 0 Å². The van der Waals surface area contributed by atoms with Crippen molar-refractivity contribution in [2.75, 3.05) is 0 Å². The summed E-state index contributed by atoms with van der Waals surface area (Å²) in [4.78, 5) is 8.13. The van der Waals surface area contributed by atoms with Gasteiger partial charge in [-0.15, -0.1) is 0 Å². The van der Waals surface area contributed by atoms with Gasteiger partial charge in [0.1, 0.15) is 0 Å². The van der Waals surface area contributed by atoms with Gasteiger partial charge in [-0.2, -0.15) is 0 Å². The predicted molar refractivity (Wildman–Crippen MR) is 108 cm³/mol. The van der Waals surface area contributed by atoms with E-state index in [0.717, 1.165) is 0 Å². The molecule has 0 amide bonds. The molecule has 2 aromatic heterocycles. The summed E-state index contributed by atoms with van der Waals surface area (Å²) in [5, 5.41) is 0. The normalized spacial score (nSPS) is 10.9. The van der Waals surface area contributed by atoms with Crippen molar-refractivity contribution < 1.29 is 0 Å². The Balaban J connectivity index is 1.48. The highest BCUT2D eigenvalue weighted by Gasteiger charge is 1.98. The number of pyridine rings is 2. The van der Waals surface area contributed by atoms with E-state index in [2.05, 4.69) is 70.7 Å². The molecule has 0 spiro atoms. The zero-order valence-corrected chi connectivity index (χ0v) is 14.3. The fraction of sp³-hybridized carbons (Fsp3) is 0. The van der Waals surface area contributed by atoms with Crippen molar-refractivity contribution in [3.05, 3.63) is 109 Å². The monoisotopic (exact) mass is 334 g/mol. The average molecular weight is 334 g/mol. The van der Waals surface area contributed by atoms with E-state index < -0.39 is 0 Å². The zero-order chi connectivity index (χ0) is 17.6. The predicted octanol–water partition coefficient (Wildman–Crippen LogP) is 5.98. The summed E-state index contributed by atoms with van der Waals surface area (Å²) in [5.41, 5.74) is 7.13. The Morgan fingerprint density at radius 2 is 0.692 bits per heavy atom. The molecular formula is C24H18N2. The van der Waals surface area contributed by atoms with E-state index in [4.69, 9.17) is 0 Å². The number of rotatable bonds is 4. The fourth-order valence-electron chi connectivity index (χ4n) is 2.85. The molecule has 2 heterocycles. The van der Waals surface area contributed by atoms with Crippen LogP contribution >= 0.6 is 0 Å². The molecule has 0 aliphatic heterocycles. The Morgan fingerprint density at radius 3 is 1.04 bits per heavy atom. The Bertz CT molecular complexity index is 903. The van der Waals surface area contributed by atoms with Crippen molar-refractivity contribution in [3.8, 4) is 22.3 Å². The highest BCUT2D eigenvalue weighted by atomic mass is 14.6. The molecule has 0 bridgehead atoms. The van der Waals surface area contributed by atoms with E-state index >= 15 is 0 Å². The Kier molecular flexibility index (Phi) is 4.66. The molecule has 0 saturated carbocycles. The van der Waals surface area contributed by atoms with Crippen LogP contribution in [-0.4, -0.2) is 9.97 Å². The Hall–Kier alpha value is -3.52. The number of hydrogen-bond donors (Lipinski definition) is 0. The van der Waals surface area contributed by atoms with Crippen LogP contribution in [0, 0.1) is 0 Å². The van der Waals surface area contributed by atoms with Gasteiger partial charge >= 0.3 is 0 Å². The topological polar surface area (TPSA) is 25.8 Å². The van der Waals surface area contributed by atoms with Gasteiger partial charge < -0.3 is 0 Å². The zero-order valence-electron chi connectivity index (χ0n) is 14.3. The average Bonchev–Trinajstić information content (AvgIpc) is 2.74. The molecule has 124 valence electrons. The second kappa shape index (κ2) is 7.58. The Morgan fingerprint density at radius 1 is 0.385 bits per heavy atom. The van der Waals surface area contributed by atoms with E-state index in [-0.39, 0.29) is 0 Å². The summed E-state index contributed by atoms with van der Waals surface area (Å²) in [6, 6.07) is 25.2. The molecule has 0 fully saturated rings. The SMILES string of the molecule is C(=C/c1ccc(-c2ccncc2)cc1)/c1ccc(-c2ccncc2)cc1. The van der Waals surface area contributed by atoms with Crippen molar-refractivity contribution in [2.24, 2.45) is 0 Å². The van der Waals surface area contributed by atoms with E-state index in [1.807, 2.05) is 49.1 Å². The summed E-state index contributed by atoms with van der Waals surface area (Å²) < 4.78 is 0. The van der Waals surface area contributed by atoms with Crippen LogP contribution in [0.4, 0.5) is 0 Å². The van der Waals surface area contributed by atoms with Gasteiger partial charge in [0.15, 0.2) is 0 Å². The molecule has 0 aliphatic carbocycles. The lowest BCUT2D eigenvalue weighted by atomic mass is 10.0. The van der Waals surface area contributed by atoms with Crippen LogP contribution in [0.5, 0.6) is 0 Å². The molecule has 0 N–H and O–H groups in total. The summed E-state index contributed by atoms with van der Waals surface area (Å²) >= 11 is 0. The van der Waals surface area contributed by atoms with Gasteiger partial charge in [0.25, 0.3) is 0 Å². The van der Waals surface area contributed by atoms with Crippen LogP contribution in [0.15, 0.2) is 97.6 Å². The highest BCUT2D eigenvalue weighted by molar-refractivity contribution is 5.73. The summed E-state index contributed by atoms with van der Waals surface area (Å²) in [6.45, 7) is 0. The molecule has 4 rings (SSSR count). The number of nitrogens with zero attached hydrogens (tertiary/aromatic N) is 2. The quantitative estimate of drug-likeness (QED) is 0.429. The lowest BCUT2D eigenvalue weighted by molar-refractivity contribution is 1.33. The molecule has 0 saturated heterocycles. The van der Waals surface area contributed by atoms with Crippen molar-refractivity contribution in [1.82, 2.24) is 9.97 Å². The van der Waals surface area contributed by atoms with E-state index in [1.54, 1.807) is 0 Å². The molecule has 0 radical (unpaired) electrons. The molecule has 2 aromatic carbocycles. The maximum atomic E-state index is 4.06. The third kappa shape index (κ3) is 3.76. The van der Waals surface area contributed by atoms with Gasteiger partial charge in [-0.1, -0.05) is 60.7 Å². The molecule has 0 aliphatic rings. The fourth-order valence-corrected chi connectivity index (χ4v) is 2.85. The van der Waals surface area contributed by atoms with Gasteiger partial charge in [0.05, 0.1) is 0 Å². The number of benzene rings is 2. The molecule has 26 heavy (non-hydrogen) atoms. The van der Waals surface area contributed by atoms with Gasteiger partial charge in [0.2, 0.25) is 0 Å². The molecule has 2 heteroatoms. The van der Waals surface area contributed by atoms with Crippen LogP contribution in [0.25, 0.3) is 34.4 Å². The lowest BCUT2D eigenvalue weighted by Gasteiger charge is -2.02. The van der Waals surface area contributed by atoms with Gasteiger partial charge in [-0.3, -0.25) is 9.97 Å². The highest BCUT2D eigenvalue weighted by Crippen LogP contribution is 2.21. The third-order valence-corrected chi connectivity index (χ3v) is 4.32. The van der Waals surface area contributed by atoms with Crippen LogP contribution in [0.3, 0.4) is 0 Å². The minimum Gasteiger partial charge on any atom is -0.265 e. The molecule has 0 unspecified atom stereocenters. The van der Waals surface area contributed by atoms with Crippen LogP contribution in [0.2, 0.25) is 0 Å². The maximum absolute atomic E-state index is 4.06. The first-order valence-electron chi connectivity index (χ1n) is 8.57. The summed E-state index contributed by atoms with van der Waals surface area (Å²) in [6.07, 6.45) is 11.5. The van der Waals surface area contributed by atoms with Gasteiger partial charge in [-0.25, -0.2) is 0 Å². The van der Waals surface area contributed by atoms with E-state index in [9.17, 15) is 0 Å². The van der Waals surface area contributed by atoms with Crippen molar-refractivity contribution >= 4 is 12.2 Å². The minimum absolute atomic E-state index is 1.18. The summed E-state index contributed by atoms with van der Waals surface area (Å²) in [7, 11) is 0.